The van der Waals surface area contributed by atoms with E-state index in [2.05, 4.69) is 9.59 Å². The van der Waals surface area contributed by atoms with E-state index in [1.165, 1.54) is 0 Å². The summed E-state index contributed by atoms with van der Waals surface area (Å²) >= 11 is 1.08. The molecule has 1 aromatic carbocycles. The first-order valence-electron chi connectivity index (χ1n) is 6.08. The van der Waals surface area contributed by atoms with Crippen LogP contribution >= 0.6 is 11.5 Å². The molecule has 2 aromatic rings. The summed E-state index contributed by atoms with van der Waals surface area (Å²) in [6, 6.07) is 6.68. The van der Waals surface area contributed by atoms with Gasteiger partial charge in [0.05, 0.1) is 0 Å². The van der Waals surface area contributed by atoms with Crippen molar-refractivity contribution in [3.8, 4) is 17.0 Å². The van der Waals surface area contributed by atoms with Crippen LogP contribution in [0.15, 0.2) is 24.3 Å². The zero-order valence-electron chi connectivity index (χ0n) is 10.8. The molecular formula is C13H15N3O2S. The van der Waals surface area contributed by atoms with Gasteiger partial charge in [0.25, 0.3) is 5.91 Å². The molecule has 2 rings (SSSR count). The Kier molecular flexibility index (Phi) is 4.11. The molecule has 0 radical (unpaired) electrons. The van der Waals surface area contributed by atoms with Gasteiger partial charge in [-0.15, -0.1) is 5.10 Å². The minimum absolute atomic E-state index is 0.0710. The van der Waals surface area contributed by atoms with Gasteiger partial charge in [-0.3, -0.25) is 4.79 Å². The molecule has 1 aromatic heterocycles. The maximum atomic E-state index is 12.3. The lowest BCUT2D eigenvalue weighted by Gasteiger charge is -2.17. The second-order valence-electron chi connectivity index (χ2n) is 3.98. The topological polar surface area (TPSA) is 66.3 Å². The lowest BCUT2D eigenvalue weighted by molar-refractivity contribution is 0.0778. The third-order valence-corrected chi connectivity index (χ3v) is 3.57. The molecule has 100 valence electrons. The minimum atomic E-state index is -0.0710. The number of benzene rings is 1. The molecule has 6 heteroatoms. The van der Waals surface area contributed by atoms with Crippen molar-refractivity contribution >= 4 is 17.4 Å². The summed E-state index contributed by atoms with van der Waals surface area (Å²) in [6.07, 6.45) is 0. The van der Waals surface area contributed by atoms with Crippen molar-refractivity contribution < 1.29 is 9.90 Å². The smallest absolute Gasteiger partial charge is 0.267 e. The number of rotatable bonds is 4. The monoisotopic (exact) mass is 277 g/mol. The Labute approximate surface area is 115 Å². The van der Waals surface area contributed by atoms with Crippen molar-refractivity contribution in [1.82, 2.24) is 14.5 Å². The fourth-order valence-electron chi connectivity index (χ4n) is 1.83. The predicted molar refractivity (Wildman–Crippen MR) is 74.3 cm³/mol. The van der Waals surface area contributed by atoms with Crippen LogP contribution in [-0.2, 0) is 0 Å². The number of hydrogen-bond acceptors (Lipinski definition) is 5. The fraction of sp³-hybridized carbons (Fsp3) is 0.308. The van der Waals surface area contributed by atoms with Crippen LogP contribution < -0.4 is 0 Å². The Morgan fingerprint density at radius 2 is 2.11 bits per heavy atom. The Balaban J connectivity index is 2.40. The number of carbonyl (C=O) groups is 1. The molecule has 0 aliphatic rings. The normalized spacial score (nSPS) is 10.4. The van der Waals surface area contributed by atoms with Crippen LogP contribution in [0.25, 0.3) is 11.3 Å². The Hall–Kier alpha value is -1.95. The van der Waals surface area contributed by atoms with Crippen LogP contribution in [0.2, 0.25) is 0 Å². The molecule has 0 aliphatic heterocycles. The third-order valence-electron chi connectivity index (χ3n) is 2.85. The zero-order valence-corrected chi connectivity index (χ0v) is 11.6. The lowest BCUT2D eigenvalue weighted by atomic mass is 10.1. The highest BCUT2D eigenvalue weighted by Gasteiger charge is 2.21. The molecule has 0 aliphatic carbocycles. The number of carbonyl (C=O) groups excluding carboxylic acids is 1. The van der Waals surface area contributed by atoms with Crippen LogP contribution in [0, 0.1) is 0 Å². The molecule has 0 fully saturated rings. The summed E-state index contributed by atoms with van der Waals surface area (Å²) in [5, 5.41) is 13.5. The standard InChI is InChI=1S/C13H15N3O2S/c1-3-16(4-2)13(18)12-11(14-15-19-12)9-6-5-7-10(17)8-9/h5-8,17H,3-4H2,1-2H3. The first-order valence-corrected chi connectivity index (χ1v) is 6.85. The maximum absolute atomic E-state index is 12.3. The van der Waals surface area contributed by atoms with E-state index in [0.717, 1.165) is 11.5 Å². The fourth-order valence-corrected chi connectivity index (χ4v) is 2.48. The van der Waals surface area contributed by atoms with Crippen molar-refractivity contribution in [2.45, 2.75) is 13.8 Å². The van der Waals surface area contributed by atoms with E-state index in [9.17, 15) is 9.90 Å². The molecule has 0 bridgehead atoms. The average molecular weight is 277 g/mol. The number of aromatic hydroxyl groups is 1. The van der Waals surface area contributed by atoms with E-state index in [0.29, 0.717) is 29.2 Å². The molecule has 0 unspecified atom stereocenters. The van der Waals surface area contributed by atoms with E-state index in [-0.39, 0.29) is 11.7 Å². The Morgan fingerprint density at radius 3 is 2.74 bits per heavy atom. The van der Waals surface area contributed by atoms with Gasteiger partial charge in [0, 0.05) is 18.7 Å². The predicted octanol–water partition coefficient (Wildman–Crippen LogP) is 2.39. The van der Waals surface area contributed by atoms with Gasteiger partial charge in [-0.2, -0.15) is 0 Å². The molecular weight excluding hydrogens is 262 g/mol. The zero-order chi connectivity index (χ0) is 13.8. The Bertz CT molecular complexity index is 579. The van der Waals surface area contributed by atoms with E-state index in [1.54, 1.807) is 29.2 Å². The van der Waals surface area contributed by atoms with Crippen LogP contribution in [0.5, 0.6) is 5.75 Å². The summed E-state index contributed by atoms with van der Waals surface area (Å²) < 4.78 is 3.86. The second-order valence-corrected chi connectivity index (χ2v) is 4.73. The highest BCUT2D eigenvalue weighted by molar-refractivity contribution is 7.08. The largest absolute Gasteiger partial charge is 0.508 e. The molecule has 0 saturated heterocycles. The number of aromatic nitrogens is 2. The minimum Gasteiger partial charge on any atom is -0.508 e. The van der Waals surface area contributed by atoms with Gasteiger partial charge in [0.1, 0.15) is 16.3 Å². The van der Waals surface area contributed by atoms with Gasteiger partial charge in [-0.05, 0) is 37.5 Å². The first kappa shape index (κ1) is 13.5. The molecule has 0 saturated carbocycles. The highest BCUT2D eigenvalue weighted by atomic mass is 32.1. The summed E-state index contributed by atoms with van der Waals surface area (Å²) in [7, 11) is 0. The molecule has 0 spiro atoms. The van der Waals surface area contributed by atoms with E-state index in [1.807, 2.05) is 13.8 Å². The molecule has 19 heavy (non-hydrogen) atoms. The molecule has 1 N–H and O–H groups in total. The van der Waals surface area contributed by atoms with Crippen LogP contribution in [-0.4, -0.2) is 38.6 Å². The van der Waals surface area contributed by atoms with E-state index >= 15 is 0 Å². The molecule has 5 nitrogen and oxygen atoms in total. The van der Waals surface area contributed by atoms with Gasteiger partial charge < -0.3 is 10.0 Å². The van der Waals surface area contributed by atoms with E-state index in [4.69, 9.17) is 0 Å². The summed E-state index contributed by atoms with van der Waals surface area (Å²) in [6.45, 7) is 5.16. The average Bonchev–Trinajstić information content (AvgIpc) is 2.89. The van der Waals surface area contributed by atoms with Gasteiger partial charge in [0.15, 0.2) is 0 Å². The summed E-state index contributed by atoms with van der Waals surface area (Å²) in [4.78, 5) is 14.6. The van der Waals surface area contributed by atoms with E-state index < -0.39 is 0 Å². The summed E-state index contributed by atoms with van der Waals surface area (Å²) in [5.74, 6) is 0.0741. The maximum Gasteiger partial charge on any atom is 0.267 e. The lowest BCUT2D eigenvalue weighted by Crippen LogP contribution is -2.30. The number of phenolic OH excluding ortho intramolecular Hbond substituents is 1. The molecule has 1 heterocycles. The SMILES string of the molecule is CCN(CC)C(=O)c1snnc1-c1cccc(O)c1. The molecule has 1 amide bonds. The van der Waals surface area contributed by atoms with Crippen molar-refractivity contribution in [2.24, 2.45) is 0 Å². The summed E-state index contributed by atoms with van der Waals surface area (Å²) in [5.41, 5.74) is 1.22. The van der Waals surface area contributed by atoms with Crippen LogP contribution in [0.1, 0.15) is 23.5 Å². The van der Waals surface area contributed by atoms with Crippen molar-refractivity contribution in [3.05, 3.63) is 29.1 Å². The van der Waals surface area contributed by atoms with Crippen molar-refractivity contribution in [3.63, 3.8) is 0 Å². The highest BCUT2D eigenvalue weighted by Crippen LogP contribution is 2.27. The van der Waals surface area contributed by atoms with Gasteiger partial charge in [-0.25, -0.2) is 0 Å². The van der Waals surface area contributed by atoms with Gasteiger partial charge in [-0.1, -0.05) is 16.6 Å². The first-order chi connectivity index (χ1) is 9.17. The van der Waals surface area contributed by atoms with Crippen LogP contribution in [0.4, 0.5) is 0 Å². The van der Waals surface area contributed by atoms with Gasteiger partial charge >= 0.3 is 0 Å². The number of phenols is 1. The quantitative estimate of drug-likeness (QED) is 0.932. The van der Waals surface area contributed by atoms with Crippen LogP contribution in [0.3, 0.4) is 0 Å². The third kappa shape index (κ3) is 2.73. The van der Waals surface area contributed by atoms with Crippen molar-refractivity contribution in [1.29, 1.82) is 0 Å². The number of nitrogens with zero attached hydrogens (tertiary/aromatic N) is 3. The Morgan fingerprint density at radius 1 is 1.37 bits per heavy atom. The number of hydrogen-bond donors (Lipinski definition) is 1. The van der Waals surface area contributed by atoms with Crippen molar-refractivity contribution in [2.75, 3.05) is 13.1 Å². The van der Waals surface area contributed by atoms with Gasteiger partial charge in [0.2, 0.25) is 0 Å². The second kappa shape index (κ2) is 5.79. The molecule has 0 atom stereocenters. The number of amides is 1.